The number of fused-ring (bicyclic) bond motifs is 1. The summed E-state index contributed by atoms with van der Waals surface area (Å²) < 4.78 is 6.45. The van der Waals surface area contributed by atoms with Gasteiger partial charge >= 0.3 is 5.76 Å². The molecule has 7 heteroatoms. The Kier molecular flexibility index (Phi) is 4.74. The van der Waals surface area contributed by atoms with Crippen LogP contribution in [0.15, 0.2) is 26.7 Å². The maximum absolute atomic E-state index is 12.5. The van der Waals surface area contributed by atoms with Gasteiger partial charge in [-0.1, -0.05) is 25.3 Å². The molecule has 0 aromatic carbocycles. The summed E-state index contributed by atoms with van der Waals surface area (Å²) in [5.74, 6) is 1.44. The van der Waals surface area contributed by atoms with Crippen molar-refractivity contribution >= 4 is 17.2 Å². The Balaban J connectivity index is 1.35. The topological polar surface area (TPSA) is 68.3 Å². The number of thiophene rings is 1. The lowest BCUT2D eigenvalue weighted by atomic mass is 9.75. The Bertz CT molecular complexity index is 780. The lowest BCUT2D eigenvalue weighted by Crippen LogP contribution is -2.45. The number of nitrogens with zero attached hydrogens (tertiary/aromatic N) is 3. The van der Waals surface area contributed by atoms with Crippen molar-refractivity contribution in [3.63, 3.8) is 0 Å². The third-order valence-electron chi connectivity index (χ3n) is 5.52. The molecule has 2 aliphatic rings. The van der Waals surface area contributed by atoms with Crippen molar-refractivity contribution in [1.29, 1.82) is 0 Å². The quantitative estimate of drug-likeness (QED) is 0.839. The number of carbonyl (C=O) groups is 1. The number of rotatable bonds is 4. The zero-order valence-electron chi connectivity index (χ0n) is 14.2. The molecule has 0 unspecified atom stereocenters. The minimum absolute atomic E-state index is 0.122. The average molecular weight is 361 g/mol. The molecule has 0 N–H and O–H groups in total. The fourth-order valence-electron chi connectivity index (χ4n) is 4.13. The van der Waals surface area contributed by atoms with Crippen LogP contribution in [0.3, 0.4) is 0 Å². The van der Waals surface area contributed by atoms with E-state index in [0.717, 1.165) is 30.3 Å². The molecule has 0 bridgehead atoms. The van der Waals surface area contributed by atoms with E-state index in [2.05, 4.69) is 5.10 Å². The molecular formula is C18H23N3O3S. The first-order chi connectivity index (χ1) is 12.2. The molecule has 2 fully saturated rings. The second kappa shape index (κ2) is 7.15. The largest absolute Gasteiger partial charge is 0.437 e. The second-order valence-electron chi connectivity index (χ2n) is 7.06. The summed E-state index contributed by atoms with van der Waals surface area (Å²) in [6.07, 6.45) is 6.64. The molecule has 6 nitrogen and oxygen atoms in total. The summed E-state index contributed by atoms with van der Waals surface area (Å²) in [6.45, 7) is 2.02. The van der Waals surface area contributed by atoms with Crippen molar-refractivity contribution in [3.8, 4) is 10.8 Å². The number of amides is 1. The van der Waals surface area contributed by atoms with Crippen LogP contribution in [0.4, 0.5) is 0 Å². The molecule has 1 aliphatic carbocycles. The van der Waals surface area contributed by atoms with Gasteiger partial charge in [0.1, 0.15) is 0 Å². The van der Waals surface area contributed by atoms with Gasteiger partial charge in [0.25, 0.3) is 5.89 Å². The van der Waals surface area contributed by atoms with Crippen molar-refractivity contribution in [2.75, 3.05) is 13.1 Å². The van der Waals surface area contributed by atoms with Gasteiger partial charge in [-0.25, -0.2) is 4.79 Å². The number of likely N-dealkylation sites (tertiary alicyclic amines) is 1. The summed E-state index contributed by atoms with van der Waals surface area (Å²) in [5, 5.41) is 6.12. The van der Waals surface area contributed by atoms with Crippen LogP contribution in [0.5, 0.6) is 0 Å². The molecular weight excluding hydrogens is 338 g/mol. The van der Waals surface area contributed by atoms with Crippen LogP contribution >= 0.6 is 11.3 Å². The normalized spacial score (nSPS) is 23.4. The van der Waals surface area contributed by atoms with Gasteiger partial charge in [-0.2, -0.15) is 4.68 Å². The highest BCUT2D eigenvalue weighted by molar-refractivity contribution is 7.13. The molecule has 1 amide bonds. The Morgan fingerprint density at radius 3 is 2.92 bits per heavy atom. The first-order valence-corrected chi connectivity index (χ1v) is 9.98. The van der Waals surface area contributed by atoms with E-state index < -0.39 is 5.76 Å². The molecule has 1 saturated heterocycles. The smallest absolute Gasteiger partial charge is 0.387 e. The molecule has 0 spiro atoms. The maximum Gasteiger partial charge on any atom is 0.437 e. The Labute approximate surface area is 150 Å². The van der Waals surface area contributed by atoms with Gasteiger partial charge in [-0.05, 0) is 36.1 Å². The van der Waals surface area contributed by atoms with Gasteiger partial charge in [0.05, 0.1) is 11.4 Å². The van der Waals surface area contributed by atoms with E-state index in [1.807, 2.05) is 22.4 Å². The SMILES string of the molecule is O=C(CCn1nc(-c2cccs2)oc1=O)N1CC[C@@H]2CCCC[C@H]2C1. The Hall–Kier alpha value is -1.89. The predicted molar refractivity (Wildman–Crippen MR) is 95.3 cm³/mol. The van der Waals surface area contributed by atoms with E-state index in [9.17, 15) is 9.59 Å². The number of hydrogen-bond acceptors (Lipinski definition) is 5. The molecule has 2 aromatic heterocycles. The highest BCUT2D eigenvalue weighted by atomic mass is 32.1. The summed E-state index contributed by atoms with van der Waals surface area (Å²) in [7, 11) is 0. The number of aryl methyl sites for hydroxylation is 1. The lowest BCUT2D eigenvalue weighted by molar-refractivity contribution is -0.134. The van der Waals surface area contributed by atoms with E-state index >= 15 is 0 Å². The number of aromatic nitrogens is 2. The van der Waals surface area contributed by atoms with E-state index in [4.69, 9.17) is 4.42 Å². The third-order valence-corrected chi connectivity index (χ3v) is 6.38. The standard InChI is InChI=1S/C18H23N3O3S/c22-16(20-9-7-13-4-1-2-5-14(13)12-20)8-10-21-18(23)24-17(19-21)15-6-3-11-25-15/h3,6,11,13-14H,1-2,4-5,7-10,12H2/t13-,14-/m0/s1. The average Bonchev–Trinajstić information content (AvgIpc) is 3.29. The van der Waals surface area contributed by atoms with Gasteiger partial charge in [0.15, 0.2) is 0 Å². The molecule has 0 radical (unpaired) electrons. The van der Waals surface area contributed by atoms with Crippen LogP contribution in [-0.4, -0.2) is 33.7 Å². The molecule has 134 valence electrons. The highest BCUT2D eigenvalue weighted by Gasteiger charge is 2.32. The highest BCUT2D eigenvalue weighted by Crippen LogP contribution is 2.36. The number of carbonyl (C=O) groups excluding carboxylic acids is 1. The lowest BCUT2D eigenvalue weighted by Gasteiger charge is -2.41. The third kappa shape index (κ3) is 3.56. The van der Waals surface area contributed by atoms with E-state index in [-0.39, 0.29) is 12.5 Å². The van der Waals surface area contributed by atoms with Crippen LogP contribution in [0, 0.1) is 11.8 Å². The van der Waals surface area contributed by atoms with Crippen LogP contribution in [0.2, 0.25) is 0 Å². The first-order valence-electron chi connectivity index (χ1n) is 9.10. The van der Waals surface area contributed by atoms with Crippen molar-refractivity contribution in [3.05, 3.63) is 28.1 Å². The molecule has 1 aliphatic heterocycles. The first kappa shape index (κ1) is 16.6. The summed E-state index contributed by atoms with van der Waals surface area (Å²) in [6, 6.07) is 3.75. The fourth-order valence-corrected chi connectivity index (χ4v) is 4.78. The summed E-state index contributed by atoms with van der Waals surface area (Å²) in [4.78, 5) is 27.3. The van der Waals surface area contributed by atoms with Crippen molar-refractivity contribution in [1.82, 2.24) is 14.7 Å². The molecule has 4 rings (SSSR count). The minimum Gasteiger partial charge on any atom is -0.387 e. The van der Waals surface area contributed by atoms with Crippen LogP contribution in [-0.2, 0) is 11.3 Å². The van der Waals surface area contributed by atoms with Gasteiger partial charge in [0.2, 0.25) is 5.91 Å². The zero-order valence-corrected chi connectivity index (χ0v) is 15.0. The second-order valence-corrected chi connectivity index (χ2v) is 8.00. The van der Waals surface area contributed by atoms with Crippen molar-refractivity contribution < 1.29 is 9.21 Å². The summed E-state index contributed by atoms with van der Waals surface area (Å²) >= 11 is 1.47. The van der Waals surface area contributed by atoms with Crippen LogP contribution < -0.4 is 5.76 Å². The maximum atomic E-state index is 12.5. The van der Waals surface area contributed by atoms with Crippen LogP contribution in [0.1, 0.15) is 38.5 Å². The van der Waals surface area contributed by atoms with Gasteiger partial charge in [0, 0.05) is 19.5 Å². The van der Waals surface area contributed by atoms with E-state index in [0.29, 0.717) is 18.2 Å². The van der Waals surface area contributed by atoms with Crippen LogP contribution in [0.25, 0.3) is 10.8 Å². The number of piperidine rings is 1. The monoisotopic (exact) mass is 361 g/mol. The van der Waals surface area contributed by atoms with Crippen molar-refractivity contribution in [2.45, 2.75) is 45.1 Å². The minimum atomic E-state index is -0.498. The molecule has 2 aromatic rings. The van der Waals surface area contributed by atoms with Crippen molar-refractivity contribution in [2.24, 2.45) is 11.8 Å². The summed E-state index contributed by atoms with van der Waals surface area (Å²) in [5.41, 5.74) is 0. The van der Waals surface area contributed by atoms with Gasteiger partial charge < -0.3 is 9.32 Å². The Morgan fingerprint density at radius 2 is 2.12 bits per heavy atom. The Morgan fingerprint density at radius 1 is 1.28 bits per heavy atom. The zero-order chi connectivity index (χ0) is 17.2. The number of hydrogen-bond donors (Lipinski definition) is 0. The van der Waals surface area contributed by atoms with E-state index in [1.165, 1.54) is 41.7 Å². The predicted octanol–water partition coefficient (Wildman–Crippen LogP) is 2.99. The van der Waals surface area contributed by atoms with Gasteiger partial charge in [-0.3, -0.25) is 4.79 Å². The molecule has 25 heavy (non-hydrogen) atoms. The molecule has 1 saturated carbocycles. The van der Waals surface area contributed by atoms with Gasteiger partial charge in [-0.15, -0.1) is 16.4 Å². The molecule has 3 heterocycles. The fraction of sp³-hybridized carbons (Fsp3) is 0.611. The van der Waals surface area contributed by atoms with E-state index in [1.54, 1.807) is 0 Å². The molecule has 2 atom stereocenters.